The van der Waals surface area contributed by atoms with Crippen LogP contribution in [0.25, 0.3) is 0 Å². The maximum atomic E-state index is 10.9. The van der Waals surface area contributed by atoms with Crippen molar-refractivity contribution in [2.45, 2.75) is 32.7 Å². The zero-order valence-electron chi connectivity index (χ0n) is 5.98. The second-order valence-corrected chi connectivity index (χ2v) is 2.89. The molecule has 1 rings (SSSR count). The van der Waals surface area contributed by atoms with Crippen molar-refractivity contribution in [1.29, 1.82) is 0 Å². The SMILES string of the molecule is CC1CCC(C)C(=O)N1. The summed E-state index contributed by atoms with van der Waals surface area (Å²) in [5.74, 6) is 0.454. The number of nitrogens with one attached hydrogen (secondary N) is 1. The minimum atomic E-state index is 0.216. The van der Waals surface area contributed by atoms with Crippen LogP contribution < -0.4 is 5.32 Å². The second-order valence-electron chi connectivity index (χ2n) is 2.89. The summed E-state index contributed by atoms with van der Waals surface area (Å²) in [5.41, 5.74) is 0. The number of rotatable bonds is 0. The maximum Gasteiger partial charge on any atom is 0.223 e. The average molecular weight is 127 g/mol. The van der Waals surface area contributed by atoms with Crippen molar-refractivity contribution in [3.63, 3.8) is 0 Å². The van der Waals surface area contributed by atoms with E-state index < -0.39 is 0 Å². The lowest BCUT2D eigenvalue weighted by molar-refractivity contribution is -0.127. The van der Waals surface area contributed by atoms with Gasteiger partial charge in [-0.3, -0.25) is 4.79 Å². The van der Waals surface area contributed by atoms with Gasteiger partial charge in [-0.25, -0.2) is 0 Å². The molecule has 0 bridgehead atoms. The Hall–Kier alpha value is -0.530. The highest BCUT2D eigenvalue weighted by atomic mass is 16.2. The zero-order valence-corrected chi connectivity index (χ0v) is 5.98. The summed E-state index contributed by atoms with van der Waals surface area (Å²) >= 11 is 0. The van der Waals surface area contributed by atoms with Crippen LogP contribution in [-0.2, 0) is 4.79 Å². The Kier molecular flexibility index (Phi) is 1.74. The number of hydrogen-bond acceptors (Lipinski definition) is 1. The highest BCUT2D eigenvalue weighted by molar-refractivity contribution is 5.79. The van der Waals surface area contributed by atoms with E-state index in [2.05, 4.69) is 5.32 Å². The van der Waals surface area contributed by atoms with E-state index in [9.17, 15) is 4.79 Å². The summed E-state index contributed by atoms with van der Waals surface area (Å²) < 4.78 is 0. The lowest BCUT2D eigenvalue weighted by atomic mass is 9.97. The Morgan fingerprint density at radius 3 is 2.56 bits per heavy atom. The van der Waals surface area contributed by atoms with Crippen molar-refractivity contribution < 1.29 is 4.79 Å². The molecule has 2 unspecified atom stereocenters. The predicted octanol–water partition coefficient (Wildman–Crippen LogP) is 0.921. The van der Waals surface area contributed by atoms with Crippen LogP contribution in [-0.4, -0.2) is 11.9 Å². The van der Waals surface area contributed by atoms with Gasteiger partial charge in [0, 0.05) is 12.0 Å². The van der Waals surface area contributed by atoms with Crippen molar-refractivity contribution in [1.82, 2.24) is 5.32 Å². The van der Waals surface area contributed by atoms with Crippen LogP contribution in [0.1, 0.15) is 26.7 Å². The van der Waals surface area contributed by atoms with Gasteiger partial charge < -0.3 is 5.32 Å². The number of amides is 1. The fourth-order valence-electron chi connectivity index (χ4n) is 1.09. The smallest absolute Gasteiger partial charge is 0.223 e. The highest BCUT2D eigenvalue weighted by Gasteiger charge is 2.20. The first kappa shape index (κ1) is 6.59. The van der Waals surface area contributed by atoms with Crippen molar-refractivity contribution >= 4 is 5.91 Å². The van der Waals surface area contributed by atoms with Gasteiger partial charge in [-0.1, -0.05) is 6.92 Å². The predicted molar refractivity (Wildman–Crippen MR) is 36.0 cm³/mol. The molecule has 9 heavy (non-hydrogen) atoms. The van der Waals surface area contributed by atoms with Gasteiger partial charge in [0.1, 0.15) is 0 Å². The van der Waals surface area contributed by atoms with E-state index in [4.69, 9.17) is 0 Å². The largest absolute Gasteiger partial charge is 0.353 e. The summed E-state index contributed by atoms with van der Waals surface area (Å²) in [4.78, 5) is 10.9. The summed E-state index contributed by atoms with van der Waals surface area (Å²) in [6.07, 6.45) is 2.18. The molecule has 0 aromatic rings. The Morgan fingerprint density at radius 2 is 2.11 bits per heavy atom. The van der Waals surface area contributed by atoms with Crippen LogP contribution in [0.2, 0.25) is 0 Å². The van der Waals surface area contributed by atoms with E-state index in [1.54, 1.807) is 0 Å². The van der Waals surface area contributed by atoms with E-state index >= 15 is 0 Å². The van der Waals surface area contributed by atoms with E-state index in [0.717, 1.165) is 12.8 Å². The molecule has 2 nitrogen and oxygen atoms in total. The van der Waals surface area contributed by atoms with E-state index in [0.29, 0.717) is 6.04 Å². The molecule has 1 amide bonds. The summed E-state index contributed by atoms with van der Waals surface area (Å²) in [6.45, 7) is 4.02. The van der Waals surface area contributed by atoms with Gasteiger partial charge in [0.05, 0.1) is 0 Å². The van der Waals surface area contributed by atoms with Gasteiger partial charge in [0.25, 0.3) is 0 Å². The molecule has 2 heteroatoms. The van der Waals surface area contributed by atoms with Crippen molar-refractivity contribution in [2.24, 2.45) is 5.92 Å². The van der Waals surface area contributed by atoms with Gasteiger partial charge >= 0.3 is 0 Å². The Bertz CT molecular complexity index is 122. The minimum Gasteiger partial charge on any atom is -0.353 e. The Morgan fingerprint density at radius 1 is 1.44 bits per heavy atom. The molecular formula is C7H13NO. The van der Waals surface area contributed by atoms with Crippen LogP contribution in [0.15, 0.2) is 0 Å². The molecule has 0 saturated carbocycles. The standard InChI is InChI=1S/C7H13NO/c1-5-3-4-6(2)8-7(5)9/h5-6H,3-4H2,1-2H3,(H,8,9). The van der Waals surface area contributed by atoms with E-state index in [-0.39, 0.29) is 11.8 Å². The molecule has 1 aliphatic heterocycles. The number of hydrogen-bond donors (Lipinski definition) is 1. The molecule has 1 heterocycles. The molecule has 1 N–H and O–H groups in total. The third-order valence-electron chi connectivity index (χ3n) is 1.87. The van der Waals surface area contributed by atoms with Gasteiger partial charge in [-0.15, -0.1) is 0 Å². The Labute approximate surface area is 55.6 Å². The van der Waals surface area contributed by atoms with Crippen LogP contribution in [0.3, 0.4) is 0 Å². The molecule has 0 aromatic carbocycles. The van der Waals surface area contributed by atoms with Gasteiger partial charge in [-0.05, 0) is 19.8 Å². The number of carbonyl (C=O) groups excluding carboxylic acids is 1. The van der Waals surface area contributed by atoms with Gasteiger partial charge in [-0.2, -0.15) is 0 Å². The maximum absolute atomic E-state index is 10.9. The second kappa shape index (κ2) is 2.38. The van der Waals surface area contributed by atoms with Crippen LogP contribution in [0, 0.1) is 5.92 Å². The molecule has 0 spiro atoms. The molecule has 0 aliphatic carbocycles. The molecule has 1 fully saturated rings. The highest BCUT2D eigenvalue weighted by Crippen LogP contribution is 2.13. The van der Waals surface area contributed by atoms with Crippen molar-refractivity contribution in [3.8, 4) is 0 Å². The minimum absolute atomic E-state index is 0.216. The van der Waals surface area contributed by atoms with E-state index in [1.165, 1.54) is 0 Å². The molecule has 0 aromatic heterocycles. The fourth-order valence-corrected chi connectivity index (χ4v) is 1.09. The monoisotopic (exact) mass is 127 g/mol. The quantitative estimate of drug-likeness (QED) is 0.515. The molecule has 0 radical (unpaired) electrons. The first-order chi connectivity index (χ1) is 4.20. The normalized spacial score (nSPS) is 36.0. The summed E-state index contributed by atoms with van der Waals surface area (Å²) in [6, 6.07) is 0.397. The third-order valence-corrected chi connectivity index (χ3v) is 1.87. The van der Waals surface area contributed by atoms with Crippen molar-refractivity contribution in [2.75, 3.05) is 0 Å². The fraction of sp³-hybridized carbons (Fsp3) is 0.857. The topological polar surface area (TPSA) is 29.1 Å². The first-order valence-corrected chi connectivity index (χ1v) is 3.50. The molecule has 1 aliphatic rings. The number of piperidine rings is 1. The summed E-state index contributed by atoms with van der Waals surface area (Å²) in [5, 5.41) is 2.89. The molecular weight excluding hydrogens is 114 g/mol. The first-order valence-electron chi connectivity index (χ1n) is 3.50. The lowest BCUT2D eigenvalue weighted by Gasteiger charge is -2.23. The van der Waals surface area contributed by atoms with Gasteiger partial charge in [0.15, 0.2) is 0 Å². The average Bonchev–Trinajstić information content (AvgIpc) is 1.80. The van der Waals surface area contributed by atoms with Gasteiger partial charge in [0.2, 0.25) is 5.91 Å². The van der Waals surface area contributed by atoms with E-state index in [1.807, 2.05) is 13.8 Å². The molecule has 52 valence electrons. The van der Waals surface area contributed by atoms with Crippen LogP contribution in [0.5, 0.6) is 0 Å². The third kappa shape index (κ3) is 1.44. The molecule has 1 saturated heterocycles. The summed E-state index contributed by atoms with van der Waals surface area (Å²) in [7, 11) is 0. The van der Waals surface area contributed by atoms with Crippen LogP contribution in [0.4, 0.5) is 0 Å². The lowest BCUT2D eigenvalue weighted by Crippen LogP contribution is -2.41. The number of carbonyl (C=O) groups is 1. The Balaban J connectivity index is 2.44. The molecule has 2 atom stereocenters. The van der Waals surface area contributed by atoms with Crippen molar-refractivity contribution in [3.05, 3.63) is 0 Å². The zero-order chi connectivity index (χ0) is 6.85. The van der Waals surface area contributed by atoms with Crippen LogP contribution >= 0.6 is 0 Å².